The third-order valence-electron chi connectivity index (χ3n) is 9.87. The van der Waals surface area contributed by atoms with E-state index in [1.54, 1.807) is 39.0 Å². The molecule has 4 aromatic rings. The zero-order chi connectivity index (χ0) is 39.4. The molecule has 1 saturated carbocycles. The first-order valence-electron chi connectivity index (χ1n) is 17.1. The number of aliphatic imine (C=N–C) groups is 1. The summed E-state index contributed by atoms with van der Waals surface area (Å²) >= 11 is 1.19. The number of allylic oxidation sites excluding steroid dienone is 3. The molecule has 5 heterocycles. The number of aliphatic hydroxyl groups is 1. The zero-order valence-corrected chi connectivity index (χ0v) is 30.0. The molecule has 3 N–H and O–H groups in total. The number of nitrogens with one attached hydrogen (secondary N) is 2. The van der Waals surface area contributed by atoms with Gasteiger partial charge in [0, 0.05) is 40.9 Å². The summed E-state index contributed by atoms with van der Waals surface area (Å²) < 4.78 is 103. The van der Waals surface area contributed by atoms with Crippen LogP contribution in [0.4, 0.5) is 35.9 Å². The number of amidine groups is 1. The molecule has 3 aromatic heterocycles. The monoisotopic (exact) mass is 788 g/mol. The van der Waals surface area contributed by atoms with Crippen LogP contribution < -0.4 is 10.6 Å². The Morgan fingerprint density at radius 2 is 1.84 bits per heavy atom. The van der Waals surface area contributed by atoms with E-state index in [4.69, 9.17) is 4.98 Å². The standard InChI is InChI=1S/C36H31F7N8O3S/c1-15-19(4-5-25-44-12-27(53)51(15)25)20-11-24-32(48-33(55-24)45-14-34(2,3)54)47-29(20)23(8-16-6-17(37)9-18(38)7-16)46-26(52)13-50-31-28(30(49-50)36(41,42)43)21-10-22(21)35(31,39)40/h4-7,9,11,21-23,54H,8,10,12-14H2,1-3H3,(H,46,52)(H,45,47,48)/t21-,22+,23-/m0/s1. The van der Waals surface area contributed by atoms with Gasteiger partial charge >= 0.3 is 6.18 Å². The Morgan fingerprint density at radius 3 is 2.53 bits per heavy atom. The number of fused-ring (bicyclic) bond motifs is 5. The SMILES string of the molecule is CC1=C(c2cc3sc(NCC(C)(C)O)nc3nc2[C@H](Cc2cc(F)cc(F)c2)NC(=O)Cn2nc(C(F)(F)F)c3c2C(F)(F)[C@@H]2C[C@H]32)C=CC2=NCC(=O)N21. The van der Waals surface area contributed by atoms with Crippen molar-refractivity contribution in [2.45, 2.75) is 69.8 Å². The summed E-state index contributed by atoms with van der Waals surface area (Å²) in [5, 5.41) is 19.8. The number of anilines is 1. The molecule has 55 heavy (non-hydrogen) atoms. The molecule has 4 aliphatic rings. The predicted molar refractivity (Wildman–Crippen MR) is 186 cm³/mol. The van der Waals surface area contributed by atoms with E-state index in [0.717, 1.165) is 12.1 Å². The number of aromatic nitrogens is 4. The van der Waals surface area contributed by atoms with E-state index in [1.165, 1.54) is 16.2 Å². The molecule has 8 rings (SSSR count). The maximum atomic E-state index is 15.3. The first-order chi connectivity index (χ1) is 25.8. The minimum Gasteiger partial charge on any atom is -0.389 e. The van der Waals surface area contributed by atoms with Crippen molar-refractivity contribution in [1.82, 2.24) is 30.0 Å². The Labute approximate surface area is 311 Å². The number of hydrogen-bond donors (Lipinski definition) is 3. The quantitative estimate of drug-likeness (QED) is 0.163. The smallest absolute Gasteiger partial charge is 0.389 e. The highest BCUT2D eigenvalue weighted by molar-refractivity contribution is 7.22. The van der Waals surface area contributed by atoms with Crippen molar-refractivity contribution >= 4 is 50.0 Å². The molecule has 1 fully saturated rings. The van der Waals surface area contributed by atoms with E-state index in [0.29, 0.717) is 43.2 Å². The summed E-state index contributed by atoms with van der Waals surface area (Å²) in [5.74, 6) is -8.79. The number of amides is 2. The van der Waals surface area contributed by atoms with E-state index in [-0.39, 0.29) is 48.7 Å². The lowest BCUT2D eigenvalue weighted by molar-refractivity contribution is -0.142. The Kier molecular flexibility index (Phi) is 8.49. The van der Waals surface area contributed by atoms with Crippen LogP contribution in [0.1, 0.15) is 72.9 Å². The van der Waals surface area contributed by atoms with Crippen molar-refractivity contribution in [3.63, 3.8) is 0 Å². The highest BCUT2D eigenvalue weighted by atomic mass is 32.1. The largest absolute Gasteiger partial charge is 0.435 e. The van der Waals surface area contributed by atoms with Crippen molar-refractivity contribution in [3.8, 4) is 0 Å². The van der Waals surface area contributed by atoms with Crippen LogP contribution in [0.3, 0.4) is 0 Å². The number of pyridine rings is 1. The van der Waals surface area contributed by atoms with Crippen LogP contribution in [-0.2, 0) is 34.7 Å². The Balaban J connectivity index is 1.24. The summed E-state index contributed by atoms with van der Waals surface area (Å²) in [6.45, 7) is 3.86. The highest BCUT2D eigenvalue weighted by Crippen LogP contribution is 2.68. The van der Waals surface area contributed by atoms with Gasteiger partial charge in [0.25, 0.3) is 11.8 Å². The van der Waals surface area contributed by atoms with Crippen LogP contribution in [0.15, 0.2) is 47.1 Å². The molecule has 0 spiro atoms. The molecule has 2 aliphatic heterocycles. The number of hydrogen-bond acceptors (Lipinski definition) is 9. The minimum atomic E-state index is -5.05. The first-order valence-corrected chi connectivity index (χ1v) is 17.9. The maximum absolute atomic E-state index is 15.3. The van der Waals surface area contributed by atoms with E-state index in [9.17, 15) is 36.6 Å². The minimum absolute atomic E-state index is 0.0569. The molecule has 0 bridgehead atoms. The molecule has 0 radical (unpaired) electrons. The van der Waals surface area contributed by atoms with Gasteiger partial charge in [-0.05, 0) is 75.4 Å². The van der Waals surface area contributed by atoms with Gasteiger partial charge in [-0.3, -0.25) is 24.2 Å². The lowest BCUT2D eigenvalue weighted by Gasteiger charge is -2.27. The summed E-state index contributed by atoms with van der Waals surface area (Å²) in [6, 6.07) is 3.12. The van der Waals surface area contributed by atoms with Crippen molar-refractivity contribution in [3.05, 3.63) is 87.5 Å². The van der Waals surface area contributed by atoms with Gasteiger partial charge in [0.1, 0.15) is 36.3 Å². The van der Waals surface area contributed by atoms with Crippen LogP contribution in [0.25, 0.3) is 15.9 Å². The van der Waals surface area contributed by atoms with Gasteiger partial charge in [-0.2, -0.15) is 27.1 Å². The molecule has 19 heteroatoms. The molecular weight excluding hydrogens is 758 g/mol. The van der Waals surface area contributed by atoms with Gasteiger partial charge in [0.05, 0.1) is 22.0 Å². The van der Waals surface area contributed by atoms with Crippen molar-refractivity contribution < 1.29 is 45.4 Å². The van der Waals surface area contributed by atoms with Gasteiger partial charge in [-0.1, -0.05) is 11.3 Å². The fourth-order valence-electron chi connectivity index (χ4n) is 7.46. The van der Waals surface area contributed by atoms with Crippen molar-refractivity contribution in [2.24, 2.45) is 10.9 Å². The first kappa shape index (κ1) is 36.8. The molecule has 0 saturated heterocycles. The lowest BCUT2D eigenvalue weighted by atomic mass is 9.92. The van der Waals surface area contributed by atoms with Crippen LogP contribution in [0.5, 0.6) is 0 Å². The molecule has 0 unspecified atom stereocenters. The van der Waals surface area contributed by atoms with Crippen LogP contribution in [0, 0.1) is 17.6 Å². The van der Waals surface area contributed by atoms with Gasteiger partial charge in [-0.25, -0.2) is 18.7 Å². The predicted octanol–water partition coefficient (Wildman–Crippen LogP) is 6.22. The molecule has 2 amide bonds. The Hall–Kier alpha value is -5.17. The average Bonchev–Trinajstić information content (AvgIpc) is 3.31. The third kappa shape index (κ3) is 6.66. The molecule has 2 aliphatic carbocycles. The summed E-state index contributed by atoms with van der Waals surface area (Å²) in [4.78, 5) is 41.7. The fraction of sp³-hybridized carbons (Fsp3) is 0.389. The van der Waals surface area contributed by atoms with E-state index >= 15 is 8.78 Å². The average molecular weight is 789 g/mol. The number of carbonyl (C=O) groups is 2. The molecule has 1 aromatic carbocycles. The molecular formula is C36H31F7N8O3S. The third-order valence-corrected chi connectivity index (χ3v) is 10.8. The molecule has 11 nitrogen and oxygen atoms in total. The maximum Gasteiger partial charge on any atom is 0.435 e. The van der Waals surface area contributed by atoms with E-state index in [2.05, 4.69) is 25.7 Å². The number of thiazole rings is 1. The van der Waals surface area contributed by atoms with Gasteiger partial charge in [0.2, 0.25) is 5.91 Å². The zero-order valence-electron chi connectivity index (χ0n) is 29.2. The highest BCUT2D eigenvalue weighted by Gasteiger charge is 2.68. The summed E-state index contributed by atoms with van der Waals surface area (Å²) in [5.41, 5.74) is -2.57. The number of rotatable bonds is 10. The van der Waals surface area contributed by atoms with Crippen molar-refractivity contribution in [2.75, 3.05) is 18.4 Å². The number of halogens is 7. The van der Waals surface area contributed by atoms with Gasteiger partial charge in [-0.15, -0.1) is 0 Å². The second kappa shape index (κ2) is 12.7. The molecule has 288 valence electrons. The van der Waals surface area contributed by atoms with Gasteiger partial charge < -0.3 is 15.7 Å². The topological polar surface area (TPSA) is 138 Å². The fourth-order valence-corrected chi connectivity index (χ4v) is 8.31. The lowest BCUT2D eigenvalue weighted by Crippen LogP contribution is -2.36. The van der Waals surface area contributed by atoms with Crippen LogP contribution in [-0.4, -0.2) is 66.1 Å². The number of nitrogens with zero attached hydrogens (tertiary/aromatic N) is 6. The number of alkyl halides is 5. The molecule has 3 atom stereocenters. The Bertz CT molecular complexity index is 2370. The van der Waals surface area contributed by atoms with E-state index < -0.39 is 76.6 Å². The normalized spacial score (nSPS) is 20.5. The van der Waals surface area contributed by atoms with Crippen LogP contribution in [0.2, 0.25) is 0 Å². The van der Waals surface area contributed by atoms with E-state index in [1.807, 2.05) is 0 Å². The second-order valence-corrected chi connectivity index (χ2v) is 15.6. The number of benzene rings is 1. The summed E-state index contributed by atoms with van der Waals surface area (Å²) in [6.07, 6.45) is -2.20. The van der Waals surface area contributed by atoms with Crippen molar-refractivity contribution in [1.29, 1.82) is 0 Å². The van der Waals surface area contributed by atoms with Crippen LogP contribution >= 0.6 is 11.3 Å². The summed E-state index contributed by atoms with van der Waals surface area (Å²) in [7, 11) is 0. The second-order valence-electron chi connectivity index (χ2n) is 14.6. The Morgan fingerprint density at radius 1 is 1.11 bits per heavy atom. The number of carbonyl (C=O) groups excluding carboxylic acids is 2. The van der Waals surface area contributed by atoms with Gasteiger partial charge in [0.15, 0.2) is 16.5 Å².